The van der Waals surface area contributed by atoms with E-state index >= 15 is 0 Å². The fourth-order valence-electron chi connectivity index (χ4n) is 1.34. The van der Waals surface area contributed by atoms with Crippen LogP contribution < -0.4 is 4.74 Å². The van der Waals surface area contributed by atoms with E-state index in [1.807, 2.05) is 0 Å². The Morgan fingerprint density at radius 3 is 2.68 bits per heavy atom. The molecule has 108 valence electrons. The fraction of sp³-hybridized carbons (Fsp3) is 0.583. The molecule has 0 N–H and O–H groups in total. The van der Waals surface area contributed by atoms with Gasteiger partial charge in [-0.15, -0.1) is 0 Å². The Hall–Kier alpha value is -0.850. The summed E-state index contributed by atoms with van der Waals surface area (Å²) in [5.74, 6) is 0.573. The molecule has 0 aromatic carbocycles. The number of nitrogens with zero attached hydrogens (tertiary/aromatic N) is 1. The van der Waals surface area contributed by atoms with Crippen LogP contribution in [0.25, 0.3) is 0 Å². The van der Waals surface area contributed by atoms with Crippen LogP contribution in [-0.4, -0.2) is 26.3 Å². The molecular weight excluding hydrogens is 290 g/mol. The summed E-state index contributed by atoms with van der Waals surface area (Å²) in [6, 6.07) is 1.61. The predicted molar refractivity (Wildman–Crippen MR) is 73.9 cm³/mol. The highest BCUT2D eigenvalue weighted by molar-refractivity contribution is 7.85. The first kappa shape index (κ1) is 16.2. The first-order chi connectivity index (χ1) is 8.92. The largest absolute Gasteiger partial charge is 0.492 e. The number of aromatic nitrogens is 1. The van der Waals surface area contributed by atoms with Gasteiger partial charge in [0.2, 0.25) is 0 Å². The van der Waals surface area contributed by atoms with Crippen molar-refractivity contribution in [3.8, 4) is 5.75 Å². The molecule has 1 rings (SSSR count). The highest BCUT2D eigenvalue weighted by Crippen LogP contribution is 2.21. The van der Waals surface area contributed by atoms with Gasteiger partial charge in [-0.3, -0.25) is 9.17 Å². The van der Waals surface area contributed by atoms with Gasteiger partial charge >= 0.3 is 0 Å². The second-order valence-corrected chi connectivity index (χ2v) is 6.17. The first-order valence-electron chi connectivity index (χ1n) is 6.04. The van der Waals surface area contributed by atoms with E-state index in [-0.39, 0.29) is 6.61 Å². The van der Waals surface area contributed by atoms with E-state index in [0.717, 1.165) is 25.5 Å². The Bertz CT molecular complexity index is 504. The van der Waals surface area contributed by atoms with Crippen LogP contribution in [0, 0.1) is 0 Å². The molecule has 0 fully saturated rings. The average molecular weight is 308 g/mol. The number of halogens is 1. The molecular formula is C12H18ClNO4S. The summed E-state index contributed by atoms with van der Waals surface area (Å²) in [4.78, 5) is 4.03. The minimum absolute atomic E-state index is 0.173. The van der Waals surface area contributed by atoms with E-state index in [0.29, 0.717) is 23.1 Å². The molecule has 0 amide bonds. The van der Waals surface area contributed by atoms with Crippen LogP contribution in [0.4, 0.5) is 0 Å². The van der Waals surface area contributed by atoms with Gasteiger partial charge in [0.15, 0.2) is 0 Å². The van der Waals surface area contributed by atoms with Gasteiger partial charge in [-0.2, -0.15) is 8.42 Å². The number of hydrogen-bond acceptors (Lipinski definition) is 5. The van der Waals surface area contributed by atoms with Crippen molar-refractivity contribution in [2.75, 3.05) is 12.9 Å². The van der Waals surface area contributed by atoms with Crippen LogP contribution >= 0.6 is 11.6 Å². The van der Waals surface area contributed by atoms with Gasteiger partial charge in [-0.05, 0) is 6.42 Å². The highest BCUT2D eigenvalue weighted by atomic mass is 35.5. The minimum atomic E-state index is -3.50. The van der Waals surface area contributed by atoms with Crippen LogP contribution in [0.2, 0.25) is 5.02 Å². The lowest BCUT2D eigenvalue weighted by Crippen LogP contribution is -2.05. The smallest absolute Gasteiger partial charge is 0.264 e. The van der Waals surface area contributed by atoms with E-state index in [1.54, 1.807) is 6.07 Å². The Kier molecular flexibility index (Phi) is 6.54. The van der Waals surface area contributed by atoms with E-state index in [4.69, 9.17) is 16.3 Å². The van der Waals surface area contributed by atoms with E-state index in [1.165, 1.54) is 6.20 Å². The van der Waals surface area contributed by atoms with Crippen LogP contribution in [0.5, 0.6) is 5.75 Å². The molecule has 0 saturated carbocycles. The van der Waals surface area contributed by atoms with Gasteiger partial charge in [-0.25, -0.2) is 0 Å². The summed E-state index contributed by atoms with van der Waals surface area (Å²) in [7, 11) is -3.50. The molecule has 5 nitrogen and oxygen atoms in total. The zero-order valence-corrected chi connectivity index (χ0v) is 12.6. The number of unbranched alkanes of at least 4 members (excludes halogenated alkanes) is 2. The summed E-state index contributed by atoms with van der Waals surface area (Å²) < 4.78 is 31.9. The molecule has 7 heteroatoms. The fourth-order valence-corrected chi connectivity index (χ4v) is 1.88. The van der Waals surface area contributed by atoms with E-state index in [9.17, 15) is 8.42 Å². The Labute approximate surface area is 119 Å². The van der Waals surface area contributed by atoms with Crippen LogP contribution in [0.1, 0.15) is 31.9 Å². The molecule has 0 aliphatic heterocycles. The lowest BCUT2D eigenvalue weighted by Gasteiger charge is -2.08. The van der Waals surface area contributed by atoms with Crippen molar-refractivity contribution in [3.05, 3.63) is 23.0 Å². The zero-order valence-electron chi connectivity index (χ0n) is 11.1. The van der Waals surface area contributed by atoms with Gasteiger partial charge < -0.3 is 4.74 Å². The third-order valence-electron chi connectivity index (χ3n) is 2.32. The third-order valence-corrected chi connectivity index (χ3v) is 3.19. The molecule has 1 aromatic rings. The van der Waals surface area contributed by atoms with Crippen molar-refractivity contribution in [2.45, 2.75) is 32.8 Å². The molecule has 0 unspecified atom stereocenters. The molecule has 0 aliphatic rings. The van der Waals surface area contributed by atoms with Crippen molar-refractivity contribution in [3.63, 3.8) is 0 Å². The predicted octanol–water partition coefficient (Wildman–Crippen LogP) is 2.78. The molecule has 19 heavy (non-hydrogen) atoms. The maximum atomic E-state index is 10.9. The van der Waals surface area contributed by atoms with Crippen molar-refractivity contribution in [1.82, 2.24) is 4.98 Å². The van der Waals surface area contributed by atoms with Crippen LogP contribution in [0.15, 0.2) is 12.3 Å². The Morgan fingerprint density at radius 2 is 2.11 bits per heavy atom. The number of hydrogen-bond donors (Lipinski definition) is 0. The number of rotatable bonds is 8. The molecule has 0 saturated heterocycles. The average Bonchev–Trinajstić information content (AvgIpc) is 2.32. The molecule has 0 atom stereocenters. The summed E-state index contributed by atoms with van der Waals surface area (Å²) in [6.45, 7) is 2.56. The summed E-state index contributed by atoms with van der Waals surface area (Å²) >= 11 is 5.98. The van der Waals surface area contributed by atoms with Gasteiger partial charge in [0.1, 0.15) is 12.4 Å². The van der Waals surface area contributed by atoms with Gasteiger partial charge in [0.25, 0.3) is 10.1 Å². The third kappa shape index (κ3) is 6.75. The van der Waals surface area contributed by atoms with Crippen LogP contribution in [0.3, 0.4) is 0 Å². The summed E-state index contributed by atoms with van der Waals surface area (Å²) in [5.41, 5.74) is 0.369. The highest BCUT2D eigenvalue weighted by Gasteiger charge is 2.08. The zero-order chi connectivity index (χ0) is 14.3. The Morgan fingerprint density at radius 1 is 1.37 bits per heavy atom. The second kappa shape index (κ2) is 7.67. The monoisotopic (exact) mass is 307 g/mol. The van der Waals surface area contributed by atoms with Gasteiger partial charge in [0, 0.05) is 6.07 Å². The van der Waals surface area contributed by atoms with Gasteiger partial charge in [0.05, 0.1) is 29.8 Å². The van der Waals surface area contributed by atoms with E-state index in [2.05, 4.69) is 16.1 Å². The molecule has 0 bridgehead atoms. The standard InChI is InChI=1S/C12H18ClNO4S/c1-3-4-5-6-17-10-7-11(13)12(14-8-10)9-18-19(2,15)16/h7-8H,3-6,9H2,1-2H3. The Balaban J connectivity index is 2.54. The molecule has 0 aliphatic carbocycles. The van der Waals surface area contributed by atoms with Crippen molar-refractivity contribution in [1.29, 1.82) is 0 Å². The minimum Gasteiger partial charge on any atom is -0.492 e. The lowest BCUT2D eigenvalue weighted by atomic mass is 10.3. The van der Waals surface area contributed by atoms with Crippen molar-refractivity contribution >= 4 is 21.7 Å². The normalized spacial score (nSPS) is 11.5. The first-order valence-corrected chi connectivity index (χ1v) is 8.23. The number of ether oxygens (including phenoxy) is 1. The second-order valence-electron chi connectivity index (χ2n) is 4.12. The van der Waals surface area contributed by atoms with Crippen molar-refractivity contribution in [2.24, 2.45) is 0 Å². The molecule has 0 spiro atoms. The topological polar surface area (TPSA) is 65.5 Å². The quantitative estimate of drug-likeness (QED) is 0.546. The maximum absolute atomic E-state index is 10.9. The van der Waals surface area contributed by atoms with Crippen LogP contribution in [-0.2, 0) is 20.9 Å². The van der Waals surface area contributed by atoms with E-state index < -0.39 is 10.1 Å². The molecule has 1 heterocycles. The number of pyridine rings is 1. The maximum Gasteiger partial charge on any atom is 0.264 e. The summed E-state index contributed by atoms with van der Waals surface area (Å²) in [6.07, 6.45) is 5.71. The molecule has 1 aromatic heterocycles. The lowest BCUT2D eigenvalue weighted by molar-refractivity contribution is 0.299. The molecule has 0 radical (unpaired) electrons. The summed E-state index contributed by atoms with van der Waals surface area (Å²) in [5, 5.41) is 0.330. The van der Waals surface area contributed by atoms with Crippen molar-refractivity contribution < 1.29 is 17.3 Å². The SMILES string of the molecule is CCCCCOc1cnc(COS(C)(=O)=O)c(Cl)c1. The van der Waals surface area contributed by atoms with Gasteiger partial charge in [-0.1, -0.05) is 31.4 Å².